The van der Waals surface area contributed by atoms with Gasteiger partial charge in [-0.25, -0.2) is 0 Å². The van der Waals surface area contributed by atoms with E-state index in [0.29, 0.717) is 27.9 Å². The van der Waals surface area contributed by atoms with E-state index in [9.17, 15) is 15.0 Å². The molecule has 0 radical (unpaired) electrons. The van der Waals surface area contributed by atoms with Crippen molar-refractivity contribution in [1.82, 2.24) is 4.98 Å². The lowest BCUT2D eigenvalue weighted by Gasteiger charge is -2.32. The first kappa shape index (κ1) is 21.7. The fourth-order valence-electron chi connectivity index (χ4n) is 5.19. The van der Waals surface area contributed by atoms with Gasteiger partial charge in [0, 0.05) is 11.8 Å². The molecule has 34 heavy (non-hydrogen) atoms. The molecule has 0 saturated heterocycles. The molecular formula is C29H26N2O3. The monoisotopic (exact) mass is 450 g/mol. The summed E-state index contributed by atoms with van der Waals surface area (Å²) >= 11 is 0. The maximum absolute atomic E-state index is 14.7. The van der Waals surface area contributed by atoms with Crippen LogP contribution in [0.1, 0.15) is 38.9 Å². The van der Waals surface area contributed by atoms with Crippen LogP contribution in [-0.2, 0) is 10.2 Å². The lowest BCUT2D eigenvalue weighted by Crippen LogP contribution is -2.40. The highest BCUT2D eigenvalue weighted by Crippen LogP contribution is 2.53. The van der Waals surface area contributed by atoms with Gasteiger partial charge in [-0.05, 0) is 79.3 Å². The van der Waals surface area contributed by atoms with Crippen molar-refractivity contribution in [2.75, 3.05) is 4.90 Å². The van der Waals surface area contributed by atoms with Crippen molar-refractivity contribution < 1.29 is 15.0 Å². The molecule has 1 aliphatic rings. The van der Waals surface area contributed by atoms with Crippen molar-refractivity contribution in [3.05, 3.63) is 112 Å². The van der Waals surface area contributed by atoms with Crippen LogP contribution in [0.3, 0.4) is 0 Å². The van der Waals surface area contributed by atoms with Crippen LogP contribution in [0, 0.1) is 27.7 Å². The molecule has 1 aromatic heterocycles. The van der Waals surface area contributed by atoms with Gasteiger partial charge < -0.3 is 10.2 Å². The van der Waals surface area contributed by atoms with Crippen LogP contribution in [0.2, 0.25) is 0 Å². The molecular weight excluding hydrogens is 424 g/mol. The molecule has 4 aromatic rings. The molecule has 170 valence electrons. The molecule has 5 heteroatoms. The average Bonchev–Trinajstić information content (AvgIpc) is 3.09. The van der Waals surface area contributed by atoms with E-state index < -0.39 is 5.41 Å². The molecule has 1 aliphatic heterocycles. The summed E-state index contributed by atoms with van der Waals surface area (Å²) in [6.07, 6.45) is 3.37. The van der Waals surface area contributed by atoms with E-state index in [1.807, 2.05) is 88.4 Å². The standard InChI is InChI=1S/C29H26N2O3/c1-17-12-21(13-18(2)26(17)32)29(22-14-19(3)27(33)20(4)15-22)24-9-5-6-10-25(24)31(28(29)34)23-8-7-11-30-16-23/h5-16,32-33H,1-4H3. The Morgan fingerprint density at radius 3 is 1.79 bits per heavy atom. The first-order valence-electron chi connectivity index (χ1n) is 11.2. The van der Waals surface area contributed by atoms with Gasteiger partial charge in [0.25, 0.3) is 5.91 Å². The zero-order valence-electron chi connectivity index (χ0n) is 19.6. The molecule has 2 N–H and O–H groups in total. The van der Waals surface area contributed by atoms with Crippen LogP contribution in [0.15, 0.2) is 73.1 Å². The van der Waals surface area contributed by atoms with Gasteiger partial charge in [-0.3, -0.25) is 14.7 Å². The van der Waals surface area contributed by atoms with Gasteiger partial charge in [0.2, 0.25) is 0 Å². The Balaban J connectivity index is 1.93. The Kier molecular flexibility index (Phi) is 4.94. The normalized spacial score (nSPS) is 14.4. The Labute approximate surface area is 199 Å². The van der Waals surface area contributed by atoms with Gasteiger partial charge in [0.1, 0.15) is 16.9 Å². The number of aromatic nitrogens is 1. The third-order valence-electron chi connectivity index (χ3n) is 6.83. The molecule has 0 atom stereocenters. The topological polar surface area (TPSA) is 73.7 Å². The summed E-state index contributed by atoms with van der Waals surface area (Å²) in [7, 11) is 0. The molecule has 0 spiro atoms. The second-order valence-electron chi connectivity index (χ2n) is 9.04. The number of aromatic hydroxyl groups is 2. The van der Waals surface area contributed by atoms with Crippen LogP contribution in [0.5, 0.6) is 11.5 Å². The summed E-state index contributed by atoms with van der Waals surface area (Å²) < 4.78 is 0. The van der Waals surface area contributed by atoms with E-state index in [-0.39, 0.29) is 17.4 Å². The molecule has 5 nitrogen and oxygen atoms in total. The van der Waals surface area contributed by atoms with E-state index in [1.165, 1.54) is 0 Å². The quantitative estimate of drug-likeness (QED) is 0.417. The van der Waals surface area contributed by atoms with Gasteiger partial charge in [-0.15, -0.1) is 0 Å². The number of anilines is 2. The first-order valence-corrected chi connectivity index (χ1v) is 11.2. The Bertz CT molecular complexity index is 1340. The maximum Gasteiger partial charge on any atom is 0.251 e. The van der Waals surface area contributed by atoms with Crippen molar-refractivity contribution >= 4 is 17.3 Å². The van der Waals surface area contributed by atoms with Gasteiger partial charge in [-0.2, -0.15) is 0 Å². The zero-order chi connectivity index (χ0) is 24.2. The number of carbonyl (C=O) groups excluding carboxylic acids is 1. The Morgan fingerprint density at radius 2 is 1.29 bits per heavy atom. The average molecular weight is 451 g/mol. The van der Waals surface area contributed by atoms with Crippen molar-refractivity contribution in [2.45, 2.75) is 33.1 Å². The zero-order valence-corrected chi connectivity index (χ0v) is 19.6. The summed E-state index contributed by atoms with van der Waals surface area (Å²) in [4.78, 5) is 20.6. The lowest BCUT2D eigenvalue weighted by molar-refractivity contribution is -0.120. The fourth-order valence-corrected chi connectivity index (χ4v) is 5.19. The third kappa shape index (κ3) is 2.93. The second kappa shape index (κ2) is 7.73. The highest BCUT2D eigenvalue weighted by atomic mass is 16.3. The van der Waals surface area contributed by atoms with Gasteiger partial charge in [-0.1, -0.05) is 42.5 Å². The van der Waals surface area contributed by atoms with Gasteiger partial charge in [0.05, 0.1) is 17.6 Å². The Hall–Kier alpha value is -4.12. The number of phenols is 2. The summed E-state index contributed by atoms with van der Waals surface area (Å²) in [6, 6.07) is 19.0. The van der Waals surface area contributed by atoms with E-state index in [2.05, 4.69) is 4.98 Å². The van der Waals surface area contributed by atoms with E-state index in [1.54, 1.807) is 17.3 Å². The number of hydrogen-bond donors (Lipinski definition) is 2. The summed E-state index contributed by atoms with van der Waals surface area (Å²) in [5.41, 5.74) is 5.49. The number of pyridine rings is 1. The van der Waals surface area contributed by atoms with Crippen LogP contribution in [-0.4, -0.2) is 21.1 Å². The van der Waals surface area contributed by atoms with E-state index in [4.69, 9.17) is 0 Å². The molecule has 1 amide bonds. The molecule has 0 saturated carbocycles. The fraction of sp³-hybridized carbons (Fsp3) is 0.172. The van der Waals surface area contributed by atoms with Crippen LogP contribution < -0.4 is 4.90 Å². The van der Waals surface area contributed by atoms with E-state index in [0.717, 1.165) is 22.4 Å². The summed E-state index contributed by atoms with van der Waals surface area (Å²) in [6.45, 7) is 7.38. The van der Waals surface area contributed by atoms with Crippen molar-refractivity contribution in [1.29, 1.82) is 0 Å². The maximum atomic E-state index is 14.7. The highest BCUT2D eigenvalue weighted by molar-refractivity contribution is 6.17. The van der Waals surface area contributed by atoms with Gasteiger partial charge in [0.15, 0.2) is 0 Å². The number of hydrogen-bond acceptors (Lipinski definition) is 4. The smallest absolute Gasteiger partial charge is 0.251 e. The van der Waals surface area contributed by atoms with Crippen LogP contribution in [0.4, 0.5) is 11.4 Å². The number of para-hydroxylation sites is 1. The predicted molar refractivity (Wildman–Crippen MR) is 133 cm³/mol. The van der Waals surface area contributed by atoms with Gasteiger partial charge >= 0.3 is 0 Å². The number of amides is 1. The van der Waals surface area contributed by atoms with Crippen molar-refractivity contribution in [3.63, 3.8) is 0 Å². The molecule has 0 aliphatic carbocycles. The SMILES string of the molecule is Cc1cc(C2(c3cc(C)c(O)c(C)c3)C(=O)N(c3cccnc3)c3ccccc32)cc(C)c1O. The molecule has 0 unspecified atom stereocenters. The predicted octanol–water partition coefficient (Wildman–Crippen LogP) is 5.74. The minimum atomic E-state index is -1.17. The number of fused-ring (bicyclic) bond motifs is 1. The number of carbonyl (C=O) groups is 1. The minimum Gasteiger partial charge on any atom is -0.507 e. The molecule has 0 bridgehead atoms. The highest BCUT2D eigenvalue weighted by Gasteiger charge is 2.54. The van der Waals surface area contributed by atoms with E-state index >= 15 is 0 Å². The minimum absolute atomic E-state index is 0.129. The molecule has 3 aromatic carbocycles. The second-order valence-corrected chi connectivity index (χ2v) is 9.04. The van der Waals surface area contributed by atoms with Crippen molar-refractivity contribution in [3.8, 4) is 11.5 Å². The summed E-state index contributed by atoms with van der Waals surface area (Å²) in [5, 5.41) is 21.0. The molecule has 2 heterocycles. The largest absolute Gasteiger partial charge is 0.507 e. The van der Waals surface area contributed by atoms with Crippen molar-refractivity contribution in [2.24, 2.45) is 0 Å². The molecule has 5 rings (SSSR count). The third-order valence-corrected chi connectivity index (χ3v) is 6.83. The molecule has 0 fully saturated rings. The number of phenolic OH excluding ortho intramolecular Hbond substituents is 2. The lowest BCUT2D eigenvalue weighted by atomic mass is 9.69. The van der Waals surface area contributed by atoms with Crippen LogP contribution >= 0.6 is 0 Å². The number of benzene rings is 3. The number of rotatable bonds is 3. The Morgan fingerprint density at radius 1 is 0.765 bits per heavy atom. The number of nitrogens with zero attached hydrogens (tertiary/aromatic N) is 2. The summed E-state index contributed by atoms with van der Waals surface area (Å²) in [5.74, 6) is 0.315. The number of aryl methyl sites for hydroxylation is 4. The first-order chi connectivity index (χ1) is 16.3. The van der Waals surface area contributed by atoms with Crippen LogP contribution in [0.25, 0.3) is 0 Å².